The summed E-state index contributed by atoms with van der Waals surface area (Å²) >= 11 is 0. The van der Waals surface area contributed by atoms with Crippen LogP contribution in [0, 0.1) is 11.7 Å². The number of ether oxygens (including phenoxy) is 2. The lowest BCUT2D eigenvalue weighted by Crippen LogP contribution is -2.26. The van der Waals surface area contributed by atoms with E-state index in [1.807, 2.05) is 6.92 Å². The molecule has 1 aromatic carbocycles. The van der Waals surface area contributed by atoms with Crippen molar-refractivity contribution in [2.24, 2.45) is 5.92 Å². The van der Waals surface area contributed by atoms with Gasteiger partial charge in [-0.25, -0.2) is 4.39 Å². The maximum absolute atomic E-state index is 13.3. The zero-order valence-electron chi connectivity index (χ0n) is 11.5. The number of benzene rings is 1. The van der Waals surface area contributed by atoms with Crippen LogP contribution in [0.25, 0.3) is 0 Å². The van der Waals surface area contributed by atoms with Gasteiger partial charge in [0.05, 0.1) is 7.11 Å². The van der Waals surface area contributed by atoms with E-state index in [4.69, 9.17) is 9.47 Å². The summed E-state index contributed by atoms with van der Waals surface area (Å²) in [6.45, 7) is 5.62. The van der Waals surface area contributed by atoms with Crippen LogP contribution in [0.15, 0.2) is 18.2 Å². The molecule has 0 fully saturated rings. The summed E-state index contributed by atoms with van der Waals surface area (Å²) in [6.07, 6.45) is 0. The Bertz CT molecular complexity index is 371. The van der Waals surface area contributed by atoms with Crippen molar-refractivity contribution in [1.29, 1.82) is 0 Å². The summed E-state index contributed by atoms with van der Waals surface area (Å²) < 4.78 is 23.6. The fourth-order valence-corrected chi connectivity index (χ4v) is 1.87. The number of rotatable bonds is 7. The Balaban J connectivity index is 2.65. The Morgan fingerprint density at radius 3 is 2.61 bits per heavy atom. The van der Waals surface area contributed by atoms with Crippen LogP contribution in [0.5, 0.6) is 5.75 Å². The highest BCUT2D eigenvalue weighted by molar-refractivity contribution is 5.36. The highest BCUT2D eigenvalue weighted by atomic mass is 19.1. The van der Waals surface area contributed by atoms with E-state index in [9.17, 15) is 4.39 Å². The lowest BCUT2D eigenvalue weighted by molar-refractivity contribution is 0.157. The molecule has 1 rings (SSSR count). The summed E-state index contributed by atoms with van der Waals surface area (Å²) in [5.41, 5.74) is 0.835. The molecule has 2 atom stereocenters. The van der Waals surface area contributed by atoms with Gasteiger partial charge in [0.25, 0.3) is 0 Å². The molecule has 1 N–H and O–H groups in total. The van der Waals surface area contributed by atoms with Gasteiger partial charge >= 0.3 is 0 Å². The van der Waals surface area contributed by atoms with Gasteiger partial charge in [0.15, 0.2) is 0 Å². The van der Waals surface area contributed by atoms with Gasteiger partial charge < -0.3 is 14.8 Å². The molecule has 0 aliphatic heterocycles. The van der Waals surface area contributed by atoms with E-state index in [2.05, 4.69) is 12.2 Å². The maximum Gasteiger partial charge on any atom is 0.123 e. The number of hydrogen-bond acceptors (Lipinski definition) is 3. The van der Waals surface area contributed by atoms with Crippen LogP contribution >= 0.6 is 0 Å². The first-order valence-electron chi connectivity index (χ1n) is 6.14. The summed E-state index contributed by atoms with van der Waals surface area (Å²) in [6, 6.07) is 4.61. The number of halogens is 1. The first-order valence-corrected chi connectivity index (χ1v) is 6.14. The fraction of sp³-hybridized carbons (Fsp3) is 0.571. The molecule has 0 aromatic heterocycles. The minimum Gasteiger partial charge on any atom is -0.496 e. The van der Waals surface area contributed by atoms with Crippen molar-refractivity contribution in [3.63, 3.8) is 0 Å². The lowest BCUT2D eigenvalue weighted by atomic mass is 10.1. The molecule has 0 saturated heterocycles. The van der Waals surface area contributed by atoms with Gasteiger partial charge in [-0.1, -0.05) is 6.92 Å². The second-order valence-electron chi connectivity index (χ2n) is 4.58. The third-order valence-electron chi connectivity index (χ3n) is 2.88. The fourth-order valence-electron chi connectivity index (χ4n) is 1.87. The highest BCUT2D eigenvalue weighted by Crippen LogP contribution is 2.25. The normalized spacial score (nSPS) is 14.3. The van der Waals surface area contributed by atoms with Crippen molar-refractivity contribution >= 4 is 0 Å². The average molecular weight is 255 g/mol. The molecule has 4 heteroatoms. The SMILES string of the molecule is COCC(C)CNC(C)c1cc(F)ccc1OC. The smallest absolute Gasteiger partial charge is 0.123 e. The number of nitrogens with one attached hydrogen (secondary N) is 1. The van der Waals surface area contributed by atoms with Crippen LogP contribution in [-0.4, -0.2) is 27.4 Å². The molecular weight excluding hydrogens is 233 g/mol. The van der Waals surface area contributed by atoms with Crippen LogP contribution in [0.4, 0.5) is 4.39 Å². The van der Waals surface area contributed by atoms with E-state index in [-0.39, 0.29) is 11.9 Å². The third-order valence-corrected chi connectivity index (χ3v) is 2.88. The average Bonchev–Trinajstić information content (AvgIpc) is 2.36. The quantitative estimate of drug-likeness (QED) is 0.812. The van der Waals surface area contributed by atoms with Gasteiger partial charge in [0.2, 0.25) is 0 Å². The molecule has 0 aliphatic carbocycles. The predicted octanol–water partition coefficient (Wildman–Crippen LogP) is 2.77. The van der Waals surface area contributed by atoms with Crippen molar-refractivity contribution in [2.45, 2.75) is 19.9 Å². The van der Waals surface area contributed by atoms with Gasteiger partial charge in [-0.2, -0.15) is 0 Å². The zero-order valence-corrected chi connectivity index (χ0v) is 11.5. The van der Waals surface area contributed by atoms with Gasteiger partial charge in [-0.3, -0.25) is 0 Å². The molecule has 102 valence electrons. The molecular formula is C14H22FNO2. The van der Waals surface area contributed by atoms with E-state index in [1.165, 1.54) is 12.1 Å². The van der Waals surface area contributed by atoms with Crippen LogP contribution in [-0.2, 0) is 4.74 Å². The molecule has 0 radical (unpaired) electrons. The molecule has 0 heterocycles. The summed E-state index contributed by atoms with van der Waals surface area (Å²) in [5, 5.41) is 3.36. The van der Waals surface area contributed by atoms with Crippen LogP contribution < -0.4 is 10.1 Å². The van der Waals surface area contributed by atoms with Crippen molar-refractivity contribution in [3.8, 4) is 5.75 Å². The molecule has 0 amide bonds. The molecule has 3 nitrogen and oxygen atoms in total. The molecule has 2 unspecified atom stereocenters. The van der Waals surface area contributed by atoms with Gasteiger partial charge in [-0.15, -0.1) is 0 Å². The molecule has 0 aliphatic rings. The van der Waals surface area contributed by atoms with Crippen LogP contribution in [0.2, 0.25) is 0 Å². The second kappa shape index (κ2) is 7.34. The van der Waals surface area contributed by atoms with E-state index < -0.39 is 0 Å². The molecule has 0 saturated carbocycles. The topological polar surface area (TPSA) is 30.5 Å². The van der Waals surface area contributed by atoms with Crippen molar-refractivity contribution < 1.29 is 13.9 Å². The van der Waals surface area contributed by atoms with Crippen molar-refractivity contribution in [3.05, 3.63) is 29.6 Å². The summed E-state index contributed by atoms with van der Waals surface area (Å²) in [4.78, 5) is 0. The molecule has 0 spiro atoms. The molecule has 0 bridgehead atoms. The number of methoxy groups -OCH3 is 2. The number of hydrogen-bond donors (Lipinski definition) is 1. The van der Waals surface area contributed by atoms with Crippen LogP contribution in [0.3, 0.4) is 0 Å². The first-order chi connectivity index (χ1) is 8.58. The first kappa shape index (κ1) is 14.9. The summed E-state index contributed by atoms with van der Waals surface area (Å²) in [5.74, 6) is 0.872. The van der Waals surface area contributed by atoms with Crippen molar-refractivity contribution in [1.82, 2.24) is 5.32 Å². The monoisotopic (exact) mass is 255 g/mol. The Hall–Kier alpha value is -1.13. The third kappa shape index (κ3) is 4.27. The van der Waals surface area contributed by atoms with E-state index in [0.29, 0.717) is 18.3 Å². The Kier molecular flexibility index (Phi) is 6.09. The molecule has 1 aromatic rings. The van der Waals surface area contributed by atoms with E-state index >= 15 is 0 Å². The Morgan fingerprint density at radius 2 is 2.00 bits per heavy atom. The lowest BCUT2D eigenvalue weighted by Gasteiger charge is -2.19. The second-order valence-corrected chi connectivity index (χ2v) is 4.58. The molecule has 18 heavy (non-hydrogen) atoms. The largest absolute Gasteiger partial charge is 0.496 e. The van der Waals surface area contributed by atoms with E-state index in [0.717, 1.165) is 12.1 Å². The Labute approximate surface area is 108 Å². The zero-order chi connectivity index (χ0) is 13.5. The Morgan fingerprint density at radius 1 is 1.28 bits per heavy atom. The van der Waals surface area contributed by atoms with Gasteiger partial charge in [0.1, 0.15) is 11.6 Å². The predicted molar refractivity (Wildman–Crippen MR) is 70.4 cm³/mol. The maximum atomic E-state index is 13.3. The summed E-state index contributed by atoms with van der Waals surface area (Å²) in [7, 11) is 3.28. The van der Waals surface area contributed by atoms with Gasteiger partial charge in [-0.05, 0) is 31.0 Å². The standard InChI is InChI=1S/C14H22FNO2/c1-10(9-17-3)8-16-11(2)13-7-12(15)5-6-14(13)18-4/h5-7,10-11,16H,8-9H2,1-4H3. The van der Waals surface area contributed by atoms with Crippen molar-refractivity contribution in [2.75, 3.05) is 27.4 Å². The van der Waals surface area contributed by atoms with E-state index in [1.54, 1.807) is 20.3 Å². The minimum absolute atomic E-state index is 0.0370. The van der Waals surface area contributed by atoms with Crippen LogP contribution in [0.1, 0.15) is 25.5 Å². The minimum atomic E-state index is -0.246. The highest BCUT2D eigenvalue weighted by Gasteiger charge is 2.13. The van der Waals surface area contributed by atoms with Gasteiger partial charge in [0, 0.05) is 31.9 Å².